The Kier molecular flexibility index (Phi) is 3.01. The van der Waals surface area contributed by atoms with Gasteiger partial charge >= 0.3 is 5.97 Å². The molecule has 1 aromatic rings. The van der Waals surface area contributed by atoms with Crippen LogP contribution < -0.4 is 10.2 Å². The van der Waals surface area contributed by atoms with Crippen LogP contribution in [0.15, 0.2) is 30.3 Å². The second-order valence-corrected chi connectivity index (χ2v) is 3.82. The van der Waals surface area contributed by atoms with Crippen molar-refractivity contribution in [2.45, 2.75) is 6.04 Å². The number of hydrazine groups is 1. The molecule has 1 aliphatic heterocycles. The van der Waals surface area contributed by atoms with Gasteiger partial charge < -0.3 is 15.3 Å². The SMILES string of the molecule is COc1cccc(C2=CC(C(=O)O)N(C)N2)c1. The van der Waals surface area contributed by atoms with E-state index in [1.807, 2.05) is 24.3 Å². The summed E-state index contributed by atoms with van der Waals surface area (Å²) in [5.74, 6) is -0.135. The van der Waals surface area contributed by atoms with Crippen molar-refractivity contribution in [1.29, 1.82) is 0 Å². The van der Waals surface area contributed by atoms with Crippen molar-refractivity contribution in [2.75, 3.05) is 14.2 Å². The lowest BCUT2D eigenvalue weighted by Gasteiger charge is -2.16. The molecular formula is C12H14N2O3. The topological polar surface area (TPSA) is 61.8 Å². The van der Waals surface area contributed by atoms with E-state index in [1.54, 1.807) is 25.2 Å². The van der Waals surface area contributed by atoms with E-state index >= 15 is 0 Å². The Hall–Kier alpha value is -2.01. The highest BCUT2D eigenvalue weighted by Gasteiger charge is 2.27. The van der Waals surface area contributed by atoms with Crippen LogP contribution in [-0.2, 0) is 4.79 Å². The molecule has 0 bridgehead atoms. The molecule has 5 nitrogen and oxygen atoms in total. The molecule has 1 aromatic carbocycles. The maximum atomic E-state index is 11.0. The number of carboxylic acid groups (broad SMARTS) is 1. The Morgan fingerprint density at radius 1 is 1.53 bits per heavy atom. The zero-order valence-corrected chi connectivity index (χ0v) is 9.68. The molecule has 1 heterocycles. The van der Waals surface area contributed by atoms with Gasteiger partial charge in [-0.15, -0.1) is 0 Å². The number of nitrogens with one attached hydrogen (secondary N) is 1. The predicted molar refractivity (Wildman–Crippen MR) is 63.3 cm³/mol. The summed E-state index contributed by atoms with van der Waals surface area (Å²) in [5.41, 5.74) is 4.69. The Labute approximate surface area is 99.3 Å². The summed E-state index contributed by atoms with van der Waals surface area (Å²) in [7, 11) is 3.30. The minimum atomic E-state index is -0.877. The second-order valence-electron chi connectivity index (χ2n) is 3.82. The van der Waals surface area contributed by atoms with Gasteiger partial charge in [0.25, 0.3) is 0 Å². The van der Waals surface area contributed by atoms with Gasteiger partial charge in [-0.2, -0.15) is 0 Å². The third-order valence-corrected chi connectivity index (χ3v) is 2.67. The third-order valence-electron chi connectivity index (χ3n) is 2.67. The molecule has 0 amide bonds. The number of aliphatic carboxylic acids is 1. The molecule has 0 aliphatic carbocycles. The minimum Gasteiger partial charge on any atom is -0.497 e. The minimum absolute atomic E-state index is 0.642. The lowest BCUT2D eigenvalue weighted by Crippen LogP contribution is -2.39. The first-order chi connectivity index (χ1) is 8.11. The van der Waals surface area contributed by atoms with Gasteiger partial charge in [0.1, 0.15) is 11.8 Å². The highest BCUT2D eigenvalue weighted by molar-refractivity contribution is 5.81. The van der Waals surface area contributed by atoms with Crippen molar-refractivity contribution in [3.05, 3.63) is 35.9 Å². The Morgan fingerprint density at radius 3 is 2.88 bits per heavy atom. The number of carbonyl (C=O) groups is 1. The monoisotopic (exact) mass is 234 g/mol. The molecule has 1 aliphatic rings. The van der Waals surface area contributed by atoms with Crippen LogP contribution in [0.5, 0.6) is 5.75 Å². The average molecular weight is 234 g/mol. The molecule has 1 unspecified atom stereocenters. The van der Waals surface area contributed by atoms with Gasteiger partial charge in [-0.3, -0.25) is 4.79 Å². The Morgan fingerprint density at radius 2 is 2.29 bits per heavy atom. The van der Waals surface area contributed by atoms with E-state index in [0.717, 1.165) is 17.0 Å². The molecule has 0 aromatic heterocycles. The highest BCUT2D eigenvalue weighted by Crippen LogP contribution is 2.23. The van der Waals surface area contributed by atoms with Gasteiger partial charge in [0.15, 0.2) is 0 Å². The maximum Gasteiger partial charge on any atom is 0.326 e. The van der Waals surface area contributed by atoms with Gasteiger partial charge in [-0.25, -0.2) is 5.01 Å². The van der Waals surface area contributed by atoms with E-state index in [2.05, 4.69) is 5.43 Å². The van der Waals surface area contributed by atoms with Crippen molar-refractivity contribution in [3.63, 3.8) is 0 Å². The molecule has 0 radical (unpaired) electrons. The van der Waals surface area contributed by atoms with Gasteiger partial charge in [0, 0.05) is 12.6 Å². The first-order valence-electron chi connectivity index (χ1n) is 5.20. The summed E-state index contributed by atoms with van der Waals surface area (Å²) in [6, 6.07) is 6.83. The van der Waals surface area contributed by atoms with Gasteiger partial charge in [0.2, 0.25) is 0 Å². The Balaban J connectivity index is 2.29. The number of methoxy groups -OCH3 is 1. The summed E-state index contributed by atoms with van der Waals surface area (Å²) in [5, 5.41) is 10.6. The molecule has 2 N–H and O–H groups in total. The number of hydrogen-bond acceptors (Lipinski definition) is 4. The van der Waals surface area contributed by atoms with E-state index in [9.17, 15) is 4.79 Å². The van der Waals surface area contributed by atoms with E-state index in [4.69, 9.17) is 9.84 Å². The number of nitrogens with zero attached hydrogens (tertiary/aromatic N) is 1. The molecule has 0 saturated heterocycles. The lowest BCUT2D eigenvalue weighted by atomic mass is 10.1. The average Bonchev–Trinajstić information content (AvgIpc) is 2.71. The normalized spacial score (nSPS) is 19.6. The number of hydrogen-bond donors (Lipinski definition) is 2. The van der Waals surface area contributed by atoms with E-state index in [0.29, 0.717) is 0 Å². The van der Waals surface area contributed by atoms with Crippen LogP contribution in [0.1, 0.15) is 5.56 Å². The molecule has 90 valence electrons. The molecule has 0 saturated carbocycles. The quantitative estimate of drug-likeness (QED) is 0.815. The fourth-order valence-electron chi connectivity index (χ4n) is 1.75. The van der Waals surface area contributed by atoms with Crippen LogP contribution in [0.4, 0.5) is 0 Å². The van der Waals surface area contributed by atoms with Crippen LogP contribution in [-0.4, -0.2) is 36.3 Å². The van der Waals surface area contributed by atoms with E-state index < -0.39 is 12.0 Å². The number of ether oxygens (including phenoxy) is 1. The summed E-state index contributed by atoms with van der Waals surface area (Å²) in [4.78, 5) is 11.0. The van der Waals surface area contributed by atoms with Crippen LogP contribution in [0.3, 0.4) is 0 Å². The fourth-order valence-corrected chi connectivity index (χ4v) is 1.75. The van der Waals surface area contributed by atoms with Gasteiger partial charge in [-0.05, 0) is 18.2 Å². The van der Waals surface area contributed by atoms with Crippen LogP contribution >= 0.6 is 0 Å². The largest absolute Gasteiger partial charge is 0.497 e. The summed E-state index contributed by atoms with van der Waals surface area (Å²) < 4.78 is 5.13. The molecule has 2 rings (SSSR count). The first kappa shape index (κ1) is 11.5. The molecular weight excluding hydrogens is 220 g/mol. The summed E-state index contributed by atoms with van der Waals surface area (Å²) in [6.07, 6.45) is 1.68. The standard InChI is InChI=1S/C12H14N2O3/c1-14-11(12(15)16)7-10(13-14)8-4-3-5-9(6-8)17-2/h3-7,11,13H,1-2H3,(H,15,16). The number of benzene rings is 1. The van der Waals surface area contributed by atoms with E-state index in [1.165, 1.54) is 0 Å². The first-order valence-corrected chi connectivity index (χ1v) is 5.20. The number of carboxylic acids is 1. The van der Waals surface area contributed by atoms with Crippen molar-refractivity contribution >= 4 is 11.7 Å². The van der Waals surface area contributed by atoms with Crippen molar-refractivity contribution in [3.8, 4) is 5.75 Å². The zero-order valence-electron chi connectivity index (χ0n) is 9.68. The Bertz CT molecular complexity index is 471. The predicted octanol–water partition coefficient (Wildman–Crippen LogP) is 0.939. The molecule has 5 heteroatoms. The third kappa shape index (κ3) is 2.24. The highest BCUT2D eigenvalue weighted by atomic mass is 16.5. The fraction of sp³-hybridized carbons (Fsp3) is 0.250. The van der Waals surface area contributed by atoms with Crippen LogP contribution in [0.2, 0.25) is 0 Å². The van der Waals surface area contributed by atoms with Crippen LogP contribution in [0.25, 0.3) is 5.70 Å². The van der Waals surface area contributed by atoms with Gasteiger partial charge in [-0.1, -0.05) is 12.1 Å². The number of rotatable bonds is 3. The van der Waals surface area contributed by atoms with E-state index in [-0.39, 0.29) is 0 Å². The smallest absolute Gasteiger partial charge is 0.326 e. The maximum absolute atomic E-state index is 11.0. The van der Waals surface area contributed by atoms with Crippen molar-refractivity contribution in [2.24, 2.45) is 0 Å². The summed E-state index contributed by atoms with van der Waals surface area (Å²) >= 11 is 0. The zero-order chi connectivity index (χ0) is 12.4. The second kappa shape index (κ2) is 4.47. The van der Waals surface area contributed by atoms with Crippen molar-refractivity contribution in [1.82, 2.24) is 10.4 Å². The molecule has 17 heavy (non-hydrogen) atoms. The molecule has 0 spiro atoms. The van der Waals surface area contributed by atoms with Crippen LogP contribution in [0, 0.1) is 0 Å². The molecule has 1 atom stereocenters. The summed E-state index contributed by atoms with van der Waals surface area (Å²) in [6.45, 7) is 0. The lowest BCUT2D eigenvalue weighted by molar-refractivity contribution is -0.141. The van der Waals surface area contributed by atoms with Crippen molar-refractivity contribution < 1.29 is 14.6 Å². The molecule has 0 fully saturated rings. The number of likely N-dealkylation sites (N-methyl/N-ethyl adjacent to an activating group) is 1. The van der Waals surface area contributed by atoms with Gasteiger partial charge in [0.05, 0.1) is 12.8 Å².